The second-order valence-corrected chi connectivity index (χ2v) is 14.1. The Hall–Kier alpha value is -6.05. The molecule has 0 aliphatic heterocycles. The van der Waals surface area contributed by atoms with Gasteiger partial charge in [-0.3, -0.25) is 33.6 Å². The third-order valence-electron chi connectivity index (χ3n) is 8.63. The van der Waals surface area contributed by atoms with E-state index in [0.29, 0.717) is 6.29 Å². The van der Waals surface area contributed by atoms with Crippen molar-refractivity contribution in [3.63, 3.8) is 0 Å². The summed E-state index contributed by atoms with van der Waals surface area (Å²) >= 11 is 0. The number of primary amides is 1. The van der Waals surface area contributed by atoms with Crippen molar-refractivity contribution in [1.29, 1.82) is 0 Å². The largest absolute Gasteiger partial charge is 0.483 e. The summed E-state index contributed by atoms with van der Waals surface area (Å²) in [6.07, 6.45) is 0.986. The smallest absolute Gasteiger partial charge is 0.258 e. The van der Waals surface area contributed by atoms with Crippen LogP contribution in [0.3, 0.4) is 0 Å². The van der Waals surface area contributed by atoms with Gasteiger partial charge >= 0.3 is 0 Å². The molecule has 0 radical (unpaired) electrons. The highest BCUT2D eigenvalue weighted by atomic mass is 16.5. The highest BCUT2D eigenvalue weighted by Crippen LogP contribution is 2.16. The van der Waals surface area contributed by atoms with E-state index in [4.69, 9.17) is 10.5 Å². The topological polar surface area (TPSA) is 215 Å². The molecule has 5 atom stereocenters. The van der Waals surface area contributed by atoms with Crippen LogP contribution in [-0.2, 0) is 41.6 Å². The zero-order valence-corrected chi connectivity index (χ0v) is 31.9. The van der Waals surface area contributed by atoms with Crippen molar-refractivity contribution in [3.05, 3.63) is 102 Å². The van der Waals surface area contributed by atoms with Gasteiger partial charge in [0.2, 0.25) is 29.5 Å². The summed E-state index contributed by atoms with van der Waals surface area (Å²) in [6.45, 7) is 8.18. The molecule has 0 saturated carbocycles. The van der Waals surface area contributed by atoms with E-state index in [-0.39, 0.29) is 36.5 Å². The summed E-state index contributed by atoms with van der Waals surface area (Å²) in [5.41, 5.74) is 7.10. The first-order chi connectivity index (χ1) is 26.2. The molecule has 0 bridgehead atoms. The number of hydrogen-bond acceptors (Lipinski definition) is 8. The lowest BCUT2D eigenvalue weighted by Crippen LogP contribution is -2.60. The molecular formula is C41H52N6O8. The number of benzene rings is 3. The minimum absolute atomic E-state index is 0.0231. The Morgan fingerprint density at radius 1 is 0.618 bits per heavy atom. The maximum atomic E-state index is 14.0. The molecule has 3 aromatic carbocycles. The number of amides is 6. The number of hydrogen-bond donors (Lipinski definition) is 6. The van der Waals surface area contributed by atoms with Gasteiger partial charge in [-0.15, -0.1) is 0 Å². The average molecular weight is 757 g/mol. The summed E-state index contributed by atoms with van der Waals surface area (Å²) < 4.78 is 5.53. The maximum absolute atomic E-state index is 14.0. The van der Waals surface area contributed by atoms with E-state index < -0.39 is 78.2 Å². The summed E-state index contributed by atoms with van der Waals surface area (Å²) in [5, 5.41) is 13.5. The minimum atomic E-state index is -1.19. The summed E-state index contributed by atoms with van der Waals surface area (Å²) in [4.78, 5) is 91.0. The third kappa shape index (κ3) is 14.4. The molecule has 14 heteroatoms. The Bertz CT molecular complexity index is 1770. The predicted molar refractivity (Wildman–Crippen MR) is 206 cm³/mol. The highest BCUT2D eigenvalue weighted by molar-refractivity contribution is 5.96. The Kier molecular flexibility index (Phi) is 17.0. The van der Waals surface area contributed by atoms with E-state index in [1.165, 1.54) is 6.92 Å². The second kappa shape index (κ2) is 21.6. The molecule has 0 unspecified atom stereocenters. The number of nitrogens with one attached hydrogen (secondary N) is 5. The van der Waals surface area contributed by atoms with Gasteiger partial charge in [0.15, 0.2) is 12.9 Å². The van der Waals surface area contributed by atoms with Crippen LogP contribution in [0.15, 0.2) is 84.9 Å². The van der Waals surface area contributed by atoms with Crippen molar-refractivity contribution in [2.75, 3.05) is 6.61 Å². The van der Waals surface area contributed by atoms with Crippen LogP contribution in [0.5, 0.6) is 5.75 Å². The van der Waals surface area contributed by atoms with Crippen LogP contribution in [0, 0.1) is 11.8 Å². The fourth-order valence-electron chi connectivity index (χ4n) is 5.62. The Morgan fingerprint density at radius 2 is 1.11 bits per heavy atom. The lowest BCUT2D eigenvalue weighted by Gasteiger charge is -2.28. The highest BCUT2D eigenvalue weighted by Gasteiger charge is 2.33. The molecule has 0 spiro atoms. The maximum Gasteiger partial charge on any atom is 0.258 e. The number of ether oxygens (including phenoxy) is 1. The second-order valence-electron chi connectivity index (χ2n) is 14.1. The molecule has 0 aliphatic carbocycles. The van der Waals surface area contributed by atoms with Crippen molar-refractivity contribution in [3.8, 4) is 5.75 Å². The Morgan fingerprint density at radius 3 is 1.62 bits per heavy atom. The third-order valence-corrected chi connectivity index (χ3v) is 8.63. The van der Waals surface area contributed by atoms with Crippen LogP contribution in [-0.4, -0.2) is 78.5 Å². The Balaban J connectivity index is 1.81. The van der Waals surface area contributed by atoms with Crippen LogP contribution in [0.25, 0.3) is 0 Å². The predicted octanol–water partition coefficient (Wildman–Crippen LogP) is 1.99. The molecule has 0 aromatic heterocycles. The van der Waals surface area contributed by atoms with Crippen molar-refractivity contribution in [2.24, 2.45) is 17.6 Å². The molecule has 3 rings (SSSR count). The molecule has 3 aromatic rings. The van der Waals surface area contributed by atoms with E-state index in [9.17, 15) is 33.6 Å². The SMILES string of the molecule is CC(C)C[C@@H](NC(=O)COc1ccccc1C=O)C(=O)N[C@@H](C(=O)N[C@H](Cc1ccccc1)C(=O)N[C@H](Cc1ccccc1)C(=O)N[C@H](C)C(N)=O)C(C)C. The van der Waals surface area contributed by atoms with Gasteiger partial charge in [-0.2, -0.15) is 0 Å². The first-order valence-electron chi connectivity index (χ1n) is 18.2. The lowest BCUT2D eigenvalue weighted by molar-refractivity contribution is -0.135. The fourth-order valence-corrected chi connectivity index (χ4v) is 5.62. The summed E-state index contributed by atoms with van der Waals surface area (Å²) in [7, 11) is 0. The van der Waals surface area contributed by atoms with E-state index in [1.807, 2.05) is 26.0 Å². The molecule has 0 heterocycles. The van der Waals surface area contributed by atoms with Gasteiger partial charge in [0.25, 0.3) is 5.91 Å². The van der Waals surface area contributed by atoms with Gasteiger partial charge in [0, 0.05) is 12.8 Å². The van der Waals surface area contributed by atoms with Crippen LogP contribution < -0.4 is 37.1 Å². The number of rotatable bonds is 21. The zero-order chi connectivity index (χ0) is 40.5. The molecule has 0 fully saturated rings. The molecule has 294 valence electrons. The average Bonchev–Trinajstić information content (AvgIpc) is 3.15. The fraction of sp³-hybridized carbons (Fsp3) is 0.390. The van der Waals surface area contributed by atoms with E-state index in [0.717, 1.165) is 11.1 Å². The van der Waals surface area contributed by atoms with Gasteiger partial charge in [-0.05, 0) is 48.4 Å². The zero-order valence-electron chi connectivity index (χ0n) is 31.9. The summed E-state index contributed by atoms with van der Waals surface area (Å²) in [5.74, 6) is -4.20. The van der Waals surface area contributed by atoms with E-state index >= 15 is 0 Å². The van der Waals surface area contributed by atoms with Crippen molar-refractivity contribution in [1.82, 2.24) is 26.6 Å². The molecule has 6 amide bonds. The molecular weight excluding hydrogens is 704 g/mol. The monoisotopic (exact) mass is 756 g/mol. The normalized spacial score (nSPS) is 13.7. The van der Waals surface area contributed by atoms with Crippen LogP contribution in [0.1, 0.15) is 62.5 Å². The number of aldehydes is 1. The Labute approximate surface area is 321 Å². The van der Waals surface area contributed by atoms with E-state index in [1.54, 1.807) is 86.6 Å². The lowest BCUT2D eigenvalue weighted by atomic mass is 9.98. The quantitative estimate of drug-likeness (QED) is 0.0883. The molecule has 7 N–H and O–H groups in total. The number of carbonyl (C=O) groups is 7. The van der Waals surface area contributed by atoms with Crippen LogP contribution in [0.2, 0.25) is 0 Å². The number of carbonyl (C=O) groups excluding carboxylic acids is 7. The first kappa shape index (κ1) is 43.4. The first-order valence-corrected chi connectivity index (χ1v) is 18.2. The standard InChI is InChI=1S/C41H52N6O8/c1-25(2)20-31(44-35(49)24-55-34-19-13-12-18-30(34)23-48)40(53)47-36(26(3)4)41(54)46-33(22-29-16-10-7-11-17-29)39(52)45-32(21-28-14-8-6-9-15-28)38(51)43-27(5)37(42)50/h6-19,23,25-27,31-33,36H,20-22,24H2,1-5H3,(H2,42,50)(H,43,51)(H,44,49)(H,45,52)(H,46,54)(H,47,53)/t27-,31-,32-,33-,36-/m1/s1. The molecule has 0 saturated heterocycles. The van der Waals surface area contributed by atoms with Gasteiger partial charge in [-0.1, -0.05) is 100 Å². The van der Waals surface area contributed by atoms with Crippen LogP contribution in [0.4, 0.5) is 0 Å². The molecule has 55 heavy (non-hydrogen) atoms. The van der Waals surface area contributed by atoms with Gasteiger partial charge in [0.1, 0.15) is 36.0 Å². The van der Waals surface area contributed by atoms with E-state index in [2.05, 4.69) is 26.6 Å². The van der Waals surface area contributed by atoms with Crippen molar-refractivity contribution >= 4 is 41.7 Å². The van der Waals surface area contributed by atoms with Gasteiger partial charge in [-0.25, -0.2) is 0 Å². The molecule has 14 nitrogen and oxygen atoms in total. The number of nitrogens with two attached hydrogens (primary N) is 1. The minimum Gasteiger partial charge on any atom is -0.483 e. The van der Waals surface area contributed by atoms with Crippen molar-refractivity contribution in [2.45, 2.75) is 84.1 Å². The van der Waals surface area contributed by atoms with Crippen molar-refractivity contribution < 1.29 is 38.3 Å². The molecule has 0 aliphatic rings. The van der Waals surface area contributed by atoms with Gasteiger partial charge in [0.05, 0.1) is 5.56 Å². The van der Waals surface area contributed by atoms with Crippen LogP contribution >= 0.6 is 0 Å². The van der Waals surface area contributed by atoms with Gasteiger partial charge < -0.3 is 37.1 Å². The summed E-state index contributed by atoms with van der Waals surface area (Å²) in [6, 6.07) is 18.9. The number of para-hydroxylation sites is 1.